The van der Waals surface area contributed by atoms with Crippen LogP contribution in [-0.2, 0) is 0 Å². The molecule has 0 N–H and O–H groups in total. The molecule has 0 radical (unpaired) electrons. The van der Waals surface area contributed by atoms with E-state index in [9.17, 15) is 0 Å². The van der Waals surface area contributed by atoms with E-state index >= 15 is 0 Å². The van der Waals surface area contributed by atoms with Gasteiger partial charge in [-0.25, -0.2) is 0 Å². The zero-order valence-electron chi connectivity index (χ0n) is 2.17. The van der Waals surface area contributed by atoms with Crippen LogP contribution in [0.1, 0.15) is 0 Å². The minimum atomic E-state index is 0.542. The minimum absolute atomic E-state index is 0.542. The molecular weight excluding hydrogens is 94.9 g/mol. The summed E-state index contributed by atoms with van der Waals surface area (Å²) in [6.45, 7) is 0. The predicted octanol–water partition coefficient (Wildman–Crippen LogP) is 1.06. The molecule has 0 bridgehead atoms. The normalized spacial score (nSPS) is 7.50. The van der Waals surface area contributed by atoms with E-state index in [1.165, 1.54) is 0 Å². The average Bonchev–Trinajstić information content (AvgIpc) is 1.37. The van der Waals surface area contributed by atoms with Gasteiger partial charge in [0.2, 0.25) is 5.34 Å². The van der Waals surface area contributed by atoms with Gasteiger partial charge in [0.1, 0.15) is 0 Å². The third-order valence-corrected chi connectivity index (χ3v) is 0.643. The highest BCUT2D eigenvalue weighted by Gasteiger charge is 1.67. The van der Waals surface area contributed by atoms with Gasteiger partial charge in [0.15, 0.2) is 0 Å². The summed E-state index contributed by atoms with van der Waals surface area (Å²) in [6.07, 6.45) is 3.33. The Morgan fingerprint density at radius 2 is 2.25 bits per heavy atom. The molecule has 0 fully saturated rings. The maximum absolute atomic E-state index is 5.06. The fraction of sp³-hybridized carbons (Fsp3) is 0.500. The maximum atomic E-state index is 5.06. The van der Waals surface area contributed by atoms with E-state index in [-0.39, 0.29) is 0 Å². The number of rotatable bonds is 1. The summed E-state index contributed by atoms with van der Waals surface area (Å²) in [5.74, 6) is 0. The molecule has 0 rings (SSSR count). The van der Waals surface area contributed by atoms with Gasteiger partial charge in [0.25, 0.3) is 0 Å². The van der Waals surface area contributed by atoms with Crippen molar-refractivity contribution in [1.82, 2.24) is 0 Å². The first kappa shape index (κ1) is 4.58. The Morgan fingerprint density at radius 3 is 2.25 bits per heavy atom. The topological polar surface area (TPSA) is 0 Å². The lowest BCUT2D eigenvalue weighted by Crippen LogP contribution is -1.61. The van der Waals surface area contributed by atoms with Crippen molar-refractivity contribution >= 4 is 11.6 Å². The third-order valence-electron chi connectivity index (χ3n) is 0.0714. The van der Waals surface area contributed by atoms with E-state index < -0.39 is 0 Å². The van der Waals surface area contributed by atoms with Crippen LogP contribution in [0.3, 0.4) is 0 Å². The summed E-state index contributed by atoms with van der Waals surface area (Å²) in [7, 11) is 1.73. The molecule has 0 aromatic heterocycles. The molecule has 26 valence electrons. The van der Waals surface area contributed by atoms with Gasteiger partial charge < -0.3 is 0 Å². The number of hydrogen-bond acceptors (Lipinski definition) is 0. The summed E-state index contributed by atoms with van der Waals surface area (Å²) in [5, 5.41) is 0.542. The Labute approximate surface area is 34.9 Å². The molecule has 0 atom stereocenters. The summed E-state index contributed by atoms with van der Waals surface area (Å²) in [4.78, 5) is 0. The van der Waals surface area contributed by atoms with Crippen LogP contribution in [-0.4, -0.2) is 5.34 Å². The molecule has 0 aromatic carbocycles. The molecule has 0 heterocycles. The first-order valence-corrected chi connectivity index (χ1v) is 2.41. The van der Waals surface area contributed by atoms with Crippen LogP contribution in [0.2, 0.25) is 0 Å². The zero-order chi connectivity index (χ0) is 3.41. The second kappa shape index (κ2) is 3.58. The highest BCUT2D eigenvalue weighted by Crippen LogP contribution is 1.70. The maximum Gasteiger partial charge on any atom is 0.209 e. The molecule has 0 aliphatic rings. The lowest BCUT2D eigenvalue weighted by molar-refractivity contribution is -0.577. The molecular formula is C2H4Cl2. The van der Waals surface area contributed by atoms with Crippen molar-refractivity contribution in [2.24, 2.45) is 0 Å². The zero-order valence-corrected chi connectivity index (χ0v) is 3.68. The molecule has 0 unspecified atom stereocenters. The van der Waals surface area contributed by atoms with Gasteiger partial charge in [-0.05, 0) is 17.2 Å². The lowest BCUT2D eigenvalue weighted by Gasteiger charge is -1.58. The van der Waals surface area contributed by atoms with Gasteiger partial charge in [-0.3, -0.25) is 0 Å². The molecule has 0 aromatic rings. The Bertz CT molecular complexity index is 6.00. The van der Waals surface area contributed by atoms with Crippen molar-refractivity contribution in [3.05, 3.63) is 6.38 Å². The summed E-state index contributed by atoms with van der Waals surface area (Å²) in [6, 6.07) is 0. The van der Waals surface area contributed by atoms with Crippen LogP contribution in [0.5, 0.6) is 0 Å². The molecule has 2 heteroatoms. The molecule has 0 spiro atoms. The first-order valence-electron chi connectivity index (χ1n) is 0.802. The molecule has 0 nitrogen and oxygen atoms in total. The van der Waals surface area contributed by atoms with Gasteiger partial charge in [0, 0.05) is 0 Å². The smallest absolute Gasteiger partial charge is 0.0602 e. The summed E-state index contributed by atoms with van der Waals surface area (Å²) >= 11 is 5.06. The quantitative estimate of drug-likeness (QED) is 0.340. The predicted molar refractivity (Wildman–Crippen MR) is 16.1 cm³/mol. The van der Waals surface area contributed by atoms with E-state index in [0.717, 1.165) is 0 Å². The van der Waals surface area contributed by atoms with Crippen LogP contribution in [0.4, 0.5) is 0 Å². The third kappa shape index (κ3) is 2.58. The Balaban J connectivity index is 1.97. The molecule has 0 amide bonds. The second-order valence-electron chi connectivity index (χ2n) is 0.290. The fourth-order valence-electron chi connectivity index (χ4n) is 0. The van der Waals surface area contributed by atoms with Crippen LogP contribution < -0.4 is 0 Å². The van der Waals surface area contributed by atoms with Crippen LogP contribution in [0.25, 0.3) is 0 Å². The first-order chi connectivity index (χ1) is 1.91. The summed E-state index contributed by atoms with van der Waals surface area (Å²) in [5.41, 5.74) is 0. The Hall–Kier alpha value is 0.580. The molecule has 0 aliphatic carbocycles. The van der Waals surface area contributed by atoms with Crippen molar-refractivity contribution in [3.63, 3.8) is 0 Å². The van der Waals surface area contributed by atoms with Gasteiger partial charge in [-0.15, -0.1) is 0 Å². The van der Waals surface area contributed by atoms with Crippen molar-refractivity contribution < 1.29 is 10.8 Å². The molecule has 0 saturated carbocycles. The van der Waals surface area contributed by atoms with Crippen LogP contribution in [0.15, 0.2) is 0 Å². The monoisotopic (exact) mass is 98.0 g/mol. The fourth-order valence-corrected chi connectivity index (χ4v) is 0. The molecule has 0 aliphatic heterocycles. The largest absolute Gasteiger partial charge is 0.209 e. The Morgan fingerprint density at radius 1 is 2.00 bits per heavy atom. The van der Waals surface area contributed by atoms with Gasteiger partial charge >= 0.3 is 0 Å². The van der Waals surface area contributed by atoms with E-state index in [1.807, 2.05) is 0 Å². The van der Waals surface area contributed by atoms with Crippen LogP contribution in [0, 0.1) is 17.2 Å². The van der Waals surface area contributed by atoms with Gasteiger partial charge in [0.05, 0.1) is 0 Å². The van der Waals surface area contributed by atoms with Gasteiger partial charge in [-0.2, -0.15) is 0 Å². The number of hydrogen-bond donors (Lipinski definition) is 0. The number of halogens is 2. The van der Waals surface area contributed by atoms with Crippen molar-refractivity contribution in [3.8, 4) is 0 Å². The van der Waals surface area contributed by atoms with Crippen molar-refractivity contribution in [2.75, 3.05) is 5.34 Å². The molecule has 0 saturated heterocycles. The molecule has 4 heavy (non-hydrogen) atoms. The van der Waals surface area contributed by atoms with E-state index in [4.69, 9.17) is 11.6 Å². The van der Waals surface area contributed by atoms with Gasteiger partial charge in [-0.1, -0.05) is 11.6 Å². The lowest BCUT2D eigenvalue weighted by atomic mass is 11.9. The van der Waals surface area contributed by atoms with Crippen LogP contribution >= 0.6 is 11.6 Å². The summed E-state index contributed by atoms with van der Waals surface area (Å²) < 4.78 is 0. The standard InChI is InChI=1S/C2H4Cl2/c1-4-2-3/h1-2H2. The number of alkyl halides is 2. The van der Waals surface area contributed by atoms with E-state index in [2.05, 4.69) is 6.38 Å². The minimum Gasteiger partial charge on any atom is -0.0602 e. The Kier molecular flexibility index (Phi) is 4.10. The highest BCUT2D eigenvalue weighted by molar-refractivity contribution is 6.16. The van der Waals surface area contributed by atoms with E-state index in [1.54, 1.807) is 10.8 Å². The SMILES string of the molecule is [CH2-][Cl+]CCl. The van der Waals surface area contributed by atoms with Crippen molar-refractivity contribution in [2.45, 2.75) is 0 Å². The van der Waals surface area contributed by atoms with Crippen molar-refractivity contribution in [1.29, 1.82) is 0 Å². The average molecular weight is 99.0 g/mol. The van der Waals surface area contributed by atoms with E-state index in [0.29, 0.717) is 5.34 Å². The highest BCUT2D eigenvalue weighted by atomic mass is 35.6. The second-order valence-corrected chi connectivity index (χ2v) is 1.48.